The van der Waals surface area contributed by atoms with Gasteiger partial charge in [0.2, 0.25) is 0 Å². The average molecular weight is 481 g/mol. The minimum atomic E-state index is 0.154. The smallest absolute Gasteiger partial charge is 0.254 e. The van der Waals surface area contributed by atoms with E-state index in [4.69, 9.17) is 0 Å². The summed E-state index contributed by atoms with van der Waals surface area (Å²) in [6, 6.07) is 25.2. The molecule has 0 radical (unpaired) electrons. The van der Waals surface area contributed by atoms with E-state index in [1.807, 2.05) is 36.8 Å². The van der Waals surface area contributed by atoms with Crippen LogP contribution in [-0.2, 0) is 19.5 Å². The predicted octanol–water partition coefficient (Wildman–Crippen LogP) is 5.80. The third-order valence-corrected chi connectivity index (χ3v) is 7.45. The molecule has 0 bridgehead atoms. The Bertz CT molecular complexity index is 1280. The van der Waals surface area contributed by atoms with Crippen LogP contribution in [0.4, 0.5) is 0 Å². The molecule has 1 aliphatic heterocycles. The lowest BCUT2D eigenvalue weighted by Crippen LogP contribution is -2.54. The van der Waals surface area contributed by atoms with Gasteiger partial charge in [0.1, 0.15) is 0 Å². The molecule has 5 rings (SSSR count). The Labute approximate surface area is 214 Å². The Kier molecular flexibility index (Phi) is 7.77. The van der Waals surface area contributed by atoms with Crippen molar-refractivity contribution in [3.63, 3.8) is 0 Å². The van der Waals surface area contributed by atoms with Crippen LogP contribution in [0.2, 0.25) is 0 Å². The number of hydrogen-bond acceptors (Lipinski definition) is 3. The van der Waals surface area contributed by atoms with Gasteiger partial charge in [-0.15, -0.1) is 0 Å². The lowest BCUT2D eigenvalue weighted by atomic mass is 10.0. The molecule has 5 heteroatoms. The van der Waals surface area contributed by atoms with Crippen LogP contribution >= 0.6 is 0 Å². The van der Waals surface area contributed by atoms with E-state index >= 15 is 0 Å². The number of aryl methyl sites for hydroxylation is 2. The van der Waals surface area contributed by atoms with Gasteiger partial charge >= 0.3 is 0 Å². The van der Waals surface area contributed by atoms with Crippen LogP contribution in [0.3, 0.4) is 0 Å². The Morgan fingerprint density at radius 2 is 1.78 bits per heavy atom. The molecular formula is C31H36N4O. The molecule has 4 aromatic rings. The van der Waals surface area contributed by atoms with E-state index in [2.05, 4.69) is 74.8 Å². The number of carbonyl (C=O) groups excluding carboxylic acids is 1. The summed E-state index contributed by atoms with van der Waals surface area (Å²) < 4.78 is 2.29. The van der Waals surface area contributed by atoms with Crippen molar-refractivity contribution in [1.82, 2.24) is 19.4 Å². The molecule has 2 heterocycles. The van der Waals surface area contributed by atoms with Crippen LogP contribution in [-0.4, -0.2) is 50.9 Å². The standard InChI is InChI=1S/C31H36N4O/c1-2-3-14-27-22-34(31(36)30-16-9-13-26-12-7-8-15-29(26)30)20-19-33(27)23-28-21-32-24-35(28)18-17-25-10-5-4-6-11-25/h4-13,15-16,21,24,27H,2-3,14,17-20,22-23H2,1H3. The lowest BCUT2D eigenvalue weighted by molar-refractivity contribution is 0.0429. The minimum absolute atomic E-state index is 0.154. The lowest BCUT2D eigenvalue weighted by Gasteiger charge is -2.41. The maximum atomic E-state index is 13.6. The zero-order valence-electron chi connectivity index (χ0n) is 21.2. The third kappa shape index (κ3) is 5.52. The van der Waals surface area contributed by atoms with Gasteiger partial charge in [-0.3, -0.25) is 9.69 Å². The summed E-state index contributed by atoms with van der Waals surface area (Å²) in [6.07, 6.45) is 8.40. The Morgan fingerprint density at radius 3 is 2.64 bits per heavy atom. The number of piperazine rings is 1. The molecule has 1 unspecified atom stereocenters. The fraction of sp³-hybridized carbons (Fsp3) is 0.355. The number of imidazole rings is 1. The molecule has 0 aliphatic carbocycles. The van der Waals surface area contributed by atoms with Crippen molar-refractivity contribution in [3.05, 3.63) is 102 Å². The Morgan fingerprint density at radius 1 is 0.972 bits per heavy atom. The van der Waals surface area contributed by atoms with Crippen LogP contribution in [0.25, 0.3) is 10.8 Å². The van der Waals surface area contributed by atoms with Crippen molar-refractivity contribution >= 4 is 16.7 Å². The molecular weight excluding hydrogens is 444 g/mol. The van der Waals surface area contributed by atoms with E-state index in [1.54, 1.807) is 0 Å². The predicted molar refractivity (Wildman–Crippen MR) is 146 cm³/mol. The van der Waals surface area contributed by atoms with Crippen molar-refractivity contribution in [3.8, 4) is 0 Å². The summed E-state index contributed by atoms with van der Waals surface area (Å²) in [4.78, 5) is 22.7. The number of aromatic nitrogens is 2. The van der Waals surface area contributed by atoms with Crippen LogP contribution in [0.5, 0.6) is 0 Å². The molecule has 1 aliphatic rings. The fourth-order valence-electron chi connectivity index (χ4n) is 5.36. The highest BCUT2D eigenvalue weighted by Crippen LogP contribution is 2.24. The van der Waals surface area contributed by atoms with Crippen LogP contribution in [0, 0.1) is 0 Å². The molecule has 3 aromatic carbocycles. The van der Waals surface area contributed by atoms with Gasteiger partial charge in [-0.25, -0.2) is 4.98 Å². The van der Waals surface area contributed by atoms with Gasteiger partial charge in [-0.2, -0.15) is 0 Å². The zero-order valence-corrected chi connectivity index (χ0v) is 21.2. The van der Waals surface area contributed by atoms with Gasteiger partial charge < -0.3 is 9.47 Å². The van der Waals surface area contributed by atoms with E-state index in [0.717, 1.165) is 68.3 Å². The molecule has 1 fully saturated rings. The summed E-state index contributed by atoms with van der Waals surface area (Å²) in [6.45, 7) is 6.46. The van der Waals surface area contributed by atoms with E-state index in [0.29, 0.717) is 6.04 Å². The Hall–Kier alpha value is -3.44. The number of fused-ring (bicyclic) bond motifs is 1. The fourth-order valence-corrected chi connectivity index (χ4v) is 5.36. The second-order valence-corrected chi connectivity index (χ2v) is 9.86. The molecule has 5 nitrogen and oxygen atoms in total. The second-order valence-electron chi connectivity index (χ2n) is 9.86. The molecule has 0 N–H and O–H groups in total. The zero-order chi connectivity index (χ0) is 24.7. The van der Waals surface area contributed by atoms with Crippen molar-refractivity contribution < 1.29 is 4.79 Å². The maximum Gasteiger partial charge on any atom is 0.254 e. The number of benzene rings is 3. The van der Waals surface area contributed by atoms with Gasteiger partial charge in [0.25, 0.3) is 5.91 Å². The topological polar surface area (TPSA) is 41.4 Å². The molecule has 0 saturated carbocycles. The first-order valence-corrected chi connectivity index (χ1v) is 13.3. The van der Waals surface area contributed by atoms with Gasteiger partial charge in [0, 0.05) is 50.5 Å². The number of rotatable bonds is 9. The summed E-state index contributed by atoms with van der Waals surface area (Å²) >= 11 is 0. The van der Waals surface area contributed by atoms with E-state index < -0.39 is 0 Å². The van der Waals surface area contributed by atoms with Gasteiger partial charge in [0.15, 0.2) is 0 Å². The molecule has 1 aromatic heterocycles. The Balaban J connectivity index is 1.28. The third-order valence-electron chi connectivity index (χ3n) is 7.45. The molecule has 1 amide bonds. The van der Waals surface area contributed by atoms with Gasteiger partial charge in [-0.05, 0) is 35.2 Å². The molecule has 1 saturated heterocycles. The molecule has 186 valence electrons. The summed E-state index contributed by atoms with van der Waals surface area (Å²) in [5.41, 5.74) is 3.41. The summed E-state index contributed by atoms with van der Waals surface area (Å²) in [7, 11) is 0. The van der Waals surface area contributed by atoms with Crippen molar-refractivity contribution in [2.45, 2.75) is 51.7 Å². The molecule has 1 atom stereocenters. The summed E-state index contributed by atoms with van der Waals surface area (Å²) in [5, 5.41) is 2.16. The molecule has 0 spiro atoms. The number of amides is 1. The quantitative estimate of drug-likeness (QED) is 0.304. The van der Waals surface area contributed by atoms with E-state index in [1.165, 1.54) is 17.7 Å². The van der Waals surface area contributed by atoms with Gasteiger partial charge in [-0.1, -0.05) is 86.5 Å². The first-order chi connectivity index (χ1) is 17.7. The van der Waals surface area contributed by atoms with Crippen LogP contribution in [0.15, 0.2) is 85.3 Å². The van der Waals surface area contributed by atoms with E-state index in [-0.39, 0.29) is 5.91 Å². The molecule has 36 heavy (non-hydrogen) atoms. The minimum Gasteiger partial charge on any atom is -0.336 e. The van der Waals surface area contributed by atoms with Crippen LogP contribution in [0.1, 0.15) is 47.8 Å². The number of hydrogen-bond donors (Lipinski definition) is 0. The highest BCUT2D eigenvalue weighted by molar-refractivity contribution is 6.07. The van der Waals surface area contributed by atoms with Crippen molar-refractivity contribution in [2.75, 3.05) is 19.6 Å². The van der Waals surface area contributed by atoms with E-state index in [9.17, 15) is 4.79 Å². The highest BCUT2D eigenvalue weighted by atomic mass is 16.2. The van der Waals surface area contributed by atoms with Gasteiger partial charge in [0.05, 0.1) is 12.0 Å². The highest BCUT2D eigenvalue weighted by Gasteiger charge is 2.30. The van der Waals surface area contributed by atoms with Crippen molar-refractivity contribution in [1.29, 1.82) is 0 Å². The normalized spacial score (nSPS) is 16.5. The number of nitrogens with zero attached hydrogens (tertiary/aromatic N) is 4. The average Bonchev–Trinajstić information content (AvgIpc) is 3.38. The number of unbranched alkanes of at least 4 members (excludes halogenated alkanes) is 1. The largest absolute Gasteiger partial charge is 0.336 e. The first kappa shape index (κ1) is 24.3. The van der Waals surface area contributed by atoms with Crippen LogP contribution < -0.4 is 0 Å². The van der Waals surface area contributed by atoms with Crippen molar-refractivity contribution in [2.24, 2.45) is 0 Å². The first-order valence-electron chi connectivity index (χ1n) is 13.3. The SMILES string of the molecule is CCCCC1CN(C(=O)c2cccc3ccccc23)CCN1Cc1cncn1CCc1ccccc1. The monoisotopic (exact) mass is 480 g/mol. The summed E-state index contributed by atoms with van der Waals surface area (Å²) in [5.74, 6) is 0.154. The number of carbonyl (C=O) groups is 1. The maximum absolute atomic E-state index is 13.6. The second kappa shape index (κ2) is 11.5.